The molecule has 0 unspecified atom stereocenters. The van der Waals surface area contributed by atoms with Gasteiger partial charge in [0.25, 0.3) is 0 Å². The van der Waals surface area contributed by atoms with E-state index in [1.54, 1.807) is 12.1 Å². The van der Waals surface area contributed by atoms with Crippen LogP contribution in [-0.4, -0.2) is 32.9 Å². The SMILES string of the molecule is CCOc1ccc(-n2nnnc2CNC(C)C)cc1F. The number of ether oxygens (including phenoxy) is 1. The van der Waals surface area contributed by atoms with Gasteiger partial charge in [-0.25, -0.2) is 4.39 Å². The van der Waals surface area contributed by atoms with E-state index in [0.717, 1.165) is 0 Å². The van der Waals surface area contributed by atoms with Crippen LogP contribution in [0.4, 0.5) is 4.39 Å². The lowest BCUT2D eigenvalue weighted by Crippen LogP contribution is -2.24. The predicted octanol–water partition coefficient (Wildman–Crippen LogP) is 1.70. The van der Waals surface area contributed by atoms with E-state index < -0.39 is 5.82 Å². The third-order valence-electron chi connectivity index (χ3n) is 2.66. The van der Waals surface area contributed by atoms with Crippen molar-refractivity contribution in [2.24, 2.45) is 0 Å². The Kier molecular flexibility index (Phi) is 4.62. The van der Waals surface area contributed by atoms with Crippen LogP contribution >= 0.6 is 0 Å². The molecule has 6 nitrogen and oxygen atoms in total. The van der Waals surface area contributed by atoms with Gasteiger partial charge in [-0.05, 0) is 29.5 Å². The van der Waals surface area contributed by atoms with Crippen LogP contribution < -0.4 is 10.1 Å². The molecule has 2 aromatic rings. The number of hydrogen-bond donors (Lipinski definition) is 1. The van der Waals surface area contributed by atoms with Crippen LogP contribution in [0.15, 0.2) is 18.2 Å². The van der Waals surface area contributed by atoms with Crippen LogP contribution in [-0.2, 0) is 6.54 Å². The number of benzene rings is 1. The molecule has 0 aliphatic heterocycles. The van der Waals surface area contributed by atoms with Crippen molar-refractivity contribution in [2.75, 3.05) is 6.61 Å². The minimum Gasteiger partial charge on any atom is -0.491 e. The smallest absolute Gasteiger partial charge is 0.170 e. The van der Waals surface area contributed by atoms with Crippen LogP contribution in [0.2, 0.25) is 0 Å². The van der Waals surface area contributed by atoms with Crippen molar-refractivity contribution >= 4 is 0 Å². The van der Waals surface area contributed by atoms with Crippen LogP contribution in [0.25, 0.3) is 5.69 Å². The van der Waals surface area contributed by atoms with E-state index in [4.69, 9.17) is 4.74 Å². The molecule has 0 radical (unpaired) electrons. The highest BCUT2D eigenvalue weighted by Crippen LogP contribution is 2.20. The molecule has 1 heterocycles. The quantitative estimate of drug-likeness (QED) is 0.872. The van der Waals surface area contributed by atoms with Crippen molar-refractivity contribution in [3.05, 3.63) is 29.8 Å². The average Bonchev–Trinajstić information content (AvgIpc) is 2.87. The van der Waals surface area contributed by atoms with Crippen molar-refractivity contribution in [2.45, 2.75) is 33.4 Å². The number of halogens is 1. The Hall–Kier alpha value is -2.02. The number of aromatic nitrogens is 4. The van der Waals surface area contributed by atoms with Crippen LogP contribution in [0.5, 0.6) is 5.75 Å². The fourth-order valence-corrected chi connectivity index (χ4v) is 1.71. The Balaban J connectivity index is 2.23. The fourth-order valence-electron chi connectivity index (χ4n) is 1.71. The van der Waals surface area contributed by atoms with Crippen LogP contribution in [0, 0.1) is 5.82 Å². The monoisotopic (exact) mass is 279 g/mol. The molecule has 1 aromatic heterocycles. The zero-order valence-electron chi connectivity index (χ0n) is 11.8. The summed E-state index contributed by atoms with van der Waals surface area (Å²) in [5, 5.41) is 14.7. The molecule has 0 aliphatic carbocycles. The first-order valence-corrected chi connectivity index (χ1v) is 6.55. The fraction of sp³-hybridized carbons (Fsp3) is 0.462. The van der Waals surface area contributed by atoms with Crippen molar-refractivity contribution < 1.29 is 9.13 Å². The van der Waals surface area contributed by atoms with E-state index in [1.165, 1.54) is 10.7 Å². The Morgan fingerprint density at radius 3 is 2.85 bits per heavy atom. The van der Waals surface area contributed by atoms with Crippen molar-refractivity contribution in [3.8, 4) is 11.4 Å². The van der Waals surface area contributed by atoms with Crippen LogP contribution in [0.1, 0.15) is 26.6 Å². The Morgan fingerprint density at radius 1 is 1.40 bits per heavy atom. The molecular formula is C13H18FN5O. The maximum atomic E-state index is 13.9. The highest BCUT2D eigenvalue weighted by Gasteiger charge is 2.11. The standard InChI is InChI=1S/C13H18FN5O/c1-4-20-12-6-5-10(7-11(12)14)19-13(16-17-18-19)8-15-9(2)3/h5-7,9,15H,4,8H2,1-3H3. The van der Waals surface area contributed by atoms with Gasteiger partial charge in [0.15, 0.2) is 17.4 Å². The summed E-state index contributed by atoms with van der Waals surface area (Å²) in [6.45, 7) is 6.81. The number of tetrazole rings is 1. The topological polar surface area (TPSA) is 64.9 Å². The average molecular weight is 279 g/mol. The largest absolute Gasteiger partial charge is 0.491 e. The highest BCUT2D eigenvalue weighted by atomic mass is 19.1. The summed E-state index contributed by atoms with van der Waals surface area (Å²) in [7, 11) is 0. The lowest BCUT2D eigenvalue weighted by molar-refractivity contribution is 0.321. The summed E-state index contributed by atoms with van der Waals surface area (Å²) >= 11 is 0. The molecule has 2 rings (SSSR count). The third kappa shape index (κ3) is 3.30. The maximum absolute atomic E-state index is 13.9. The number of nitrogens with zero attached hydrogens (tertiary/aromatic N) is 4. The Labute approximate surface area is 116 Å². The van der Waals surface area contributed by atoms with E-state index in [-0.39, 0.29) is 5.75 Å². The summed E-state index contributed by atoms with van der Waals surface area (Å²) in [4.78, 5) is 0. The van der Waals surface area contributed by atoms with E-state index in [1.807, 2.05) is 20.8 Å². The minimum atomic E-state index is -0.428. The Morgan fingerprint density at radius 2 is 2.20 bits per heavy atom. The summed E-state index contributed by atoms with van der Waals surface area (Å²) in [5.41, 5.74) is 0.566. The molecule has 0 bridgehead atoms. The highest BCUT2D eigenvalue weighted by molar-refractivity contribution is 5.38. The summed E-state index contributed by atoms with van der Waals surface area (Å²) in [6, 6.07) is 4.98. The van der Waals surface area contributed by atoms with E-state index in [0.29, 0.717) is 30.7 Å². The van der Waals surface area contributed by atoms with Gasteiger partial charge < -0.3 is 10.1 Å². The van der Waals surface area contributed by atoms with Crippen molar-refractivity contribution in [3.63, 3.8) is 0 Å². The van der Waals surface area contributed by atoms with E-state index in [9.17, 15) is 4.39 Å². The predicted molar refractivity (Wildman–Crippen MR) is 72.3 cm³/mol. The molecule has 0 saturated carbocycles. The first kappa shape index (κ1) is 14.4. The van der Waals surface area contributed by atoms with Gasteiger partial charge >= 0.3 is 0 Å². The summed E-state index contributed by atoms with van der Waals surface area (Å²) < 4.78 is 20.5. The third-order valence-corrected chi connectivity index (χ3v) is 2.66. The normalized spacial score (nSPS) is 11.1. The molecule has 1 aromatic carbocycles. The maximum Gasteiger partial charge on any atom is 0.170 e. The molecule has 0 saturated heterocycles. The molecule has 7 heteroatoms. The second kappa shape index (κ2) is 6.42. The Bertz CT molecular complexity index is 570. The van der Waals surface area contributed by atoms with Gasteiger partial charge in [0, 0.05) is 12.1 Å². The number of hydrogen-bond acceptors (Lipinski definition) is 5. The van der Waals surface area contributed by atoms with Gasteiger partial charge in [0.2, 0.25) is 0 Å². The molecule has 20 heavy (non-hydrogen) atoms. The summed E-state index contributed by atoms with van der Waals surface area (Å²) in [6.07, 6.45) is 0. The molecule has 1 N–H and O–H groups in total. The lowest BCUT2D eigenvalue weighted by Gasteiger charge is -2.09. The van der Waals surface area contributed by atoms with Crippen LogP contribution in [0.3, 0.4) is 0 Å². The zero-order chi connectivity index (χ0) is 14.5. The van der Waals surface area contributed by atoms with Gasteiger partial charge in [0.1, 0.15) is 0 Å². The zero-order valence-corrected chi connectivity index (χ0v) is 11.8. The van der Waals surface area contributed by atoms with Gasteiger partial charge in [-0.3, -0.25) is 0 Å². The number of nitrogens with one attached hydrogen (secondary N) is 1. The molecule has 0 aliphatic rings. The van der Waals surface area contributed by atoms with E-state index in [2.05, 4.69) is 20.8 Å². The number of rotatable bonds is 6. The summed E-state index contributed by atoms with van der Waals surface area (Å²) in [5.74, 6) is 0.427. The second-order valence-electron chi connectivity index (χ2n) is 4.59. The molecule has 0 fully saturated rings. The van der Waals surface area contributed by atoms with Gasteiger partial charge in [-0.2, -0.15) is 4.68 Å². The van der Waals surface area contributed by atoms with Crippen molar-refractivity contribution in [1.29, 1.82) is 0 Å². The van der Waals surface area contributed by atoms with E-state index >= 15 is 0 Å². The first-order chi connectivity index (χ1) is 9.61. The minimum absolute atomic E-state index is 0.228. The second-order valence-corrected chi connectivity index (χ2v) is 4.59. The lowest BCUT2D eigenvalue weighted by atomic mass is 10.3. The molecule has 0 atom stereocenters. The molecule has 0 amide bonds. The van der Waals surface area contributed by atoms with Gasteiger partial charge in [0.05, 0.1) is 18.8 Å². The molecule has 108 valence electrons. The molecule has 0 spiro atoms. The molecular weight excluding hydrogens is 261 g/mol. The first-order valence-electron chi connectivity index (χ1n) is 6.55. The van der Waals surface area contributed by atoms with Gasteiger partial charge in [-0.15, -0.1) is 5.10 Å². The van der Waals surface area contributed by atoms with Gasteiger partial charge in [-0.1, -0.05) is 13.8 Å². The van der Waals surface area contributed by atoms with Crippen molar-refractivity contribution in [1.82, 2.24) is 25.5 Å².